The molecule has 2 heterocycles. The summed E-state index contributed by atoms with van der Waals surface area (Å²) in [5.74, 6) is -1.61. The van der Waals surface area contributed by atoms with E-state index in [1.165, 1.54) is 12.4 Å². The molecule has 0 spiro atoms. The molecule has 0 radical (unpaired) electrons. The summed E-state index contributed by atoms with van der Waals surface area (Å²) in [6, 6.07) is 2.93. The second kappa shape index (κ2) is 6.66. The number of hydrogen-bond acceptors (Lipinski definition) is 5. The summed E-state index contributed by atoms with van der Waals surface area (Å²) in [7, 11) is 0. The van der Waals surface area contributed by atoms with Gasteiger partial charge >= 0.3 is 0 Å². The zero-order chi connectivity index (χ0) is 16.2. The van der Waals surface area contributed by atoms with Gasteiger partial charge in [-0.15, -0.1) is 0 Å². The molecule has 0 unspecified atom stereocenters. The van der Waals surface area contributed by atoms with Crippen LogP contribution in [0.25, 0.3) is 0 Å². The van der Waals surface area contributed by atoms with Gasteiger partial charge in [0.2, 0.25) is 5.95 Å². The molecule has 2 aromatic rings. The third-order valence-electron chi connectivity index (χ3n) is 3.37. The Morgan fingerprint density at radius 2 is 1.87 bits per heavy atom. The number of anilines is 2. The molecule has 0 bridgehead atoms. The summed E-state index contributed by atoms with van der Waals surface area (Å²) in [6.45, 7) is 2.59. The van der Waals surface area contributed by atoms with Crippen LogP contribution in [0.5, 0.6) is 0 Å². The third-order valence-corrected chi connectivity index (χ3v) is 3.37. The monoisotopic (exact) mass is 320 g/mol. The molecule has 0 saturated carbocycles. The molecule has 23 heavy (non-hydrogen) atoms. The second-order valence-corrected chi connectivity index (χ2v) is 4.95. The van der Waals surface area contributed by atoms with E-state index in [4.69, 9.17) is 4.74 Å². The molecular weight excluding hydrogens is 306 g/mol. The van der Waals surface area contributed by atoms with Crippen molar-refractivity contribution >= 4 is 17.5 Å². The first-order valence-electron chi connectivity index (χ1n) is 7.04. The number of halogens is 2. The Morgan fingerprint density at radius 1 is 1.17 bits per heavy atom. The van der Waals surface area contributed by atoms with E-state index in [1.54, 1.807) is 0 Å². The number of aromatic nitrogens is 2. The Kier molecular flexibility index (Phi) is 4.42. The van der Waals surface area contributed by atoms with Gasteiger partial charge in [0, 0.05) is 31.5 Å². The van der Waals surface area contributed by atoms with E-state index in [0.29, 0.717) is 38.3 Å². The van der Waals surface area contributed by atoms with Crippen molar-refractivity contribution in [2.75, 3.05) is 36.5 Å². The maximum Gasteiger partial charge on any atom is 0.258 e. The van der Waals surface area contributed by atoms with Crippen molar-refractivity contribution in [2.24, 2.45) is 0 Å². The molecule has 120 valence electrons. The first-order valence-corrected chi connectivity index (χ1v) is 7.04. The standard InChI is InChI=1S/C15H14F2N4O2/c16-11-1-2-13(12(17)7-11)20-14(22)10-8-18-15(19-9-10)21-3-5-23-6-4-21/h1-2,7-9H,3-6H2,(H,20,22). The topological polar surface area (TPSA) is 67.4 Å². The van der Waals surface area contributed by atoms with Crippen molar-refractivity contribution in [1.82, 2.24) is 9.97 Å². The predicted molar refractivity (Wildman–Crippen MR) is 79.4 cm³/mol. The normalized spacial score (nSPS) is 14.6. The second-order valence-electron chi connectivity index (χ2n) is 4.95. The maximum absolute atomic E-state index is 13.5. The number of carbonyl (C=O) groups is 1. The fourth-order valence-electron chi connectivity index (χ4n) is 2.15. The number of nitrogens with one attached hydrogen (secondary N) is 1. The summed E-state index contributed by atoms with van der Waals surface area (Å²) in [6.07, 6.45) is 2.74. The predicted octanol–water partition coefficient (Wildman–Crippen LogP) is 1.84. The average Bonchev–Trinajstić information content (AvgIpc) is 2.58. The molecule has 1 aliphatic rings. The highest BCUT2D eigenvalue weighted by atomic mass is 19.1. The number of benzene rings is 1. The summed E-state index contributed by atoms with van der Waals surface area (Å²) >= 11 is 0. The van der Waals surface area contributed by atoms with Crippen molar-refractivity contribution in [3.8, 4) is 0 Å². The largest absolute Gasteiger partial charge is 0.378 e. The lowest BCUT2D eigenvalue weighted by Crippen LogP contribution is -2.37. The van der Waals surface area contributed by atoms with Gasteiger partial charge in [-0.3, -0.25) is 4.79 Å². The van der Waals surface area contributed by atoms with Crippen LogP contribution in [0, 0.1) is 11.6 Å². The number of ether oxygens (including phenoxy) is 1. The molecule has 1 fully saturated rings. The summed E-state index contributed by atoms with van der Waals surface area (Å²) in [5, 5.41) is 2.36. The Bertz CT molecular complexity index is 703. The molecule has 1 aromatic carbocycles. The van der Waals surface area contributed by atoms with Gasteiger partial charge < -0.3 is 15.0 Å². The Morgan fingerprint density at radius 3 is 2.52 bits per heavy atom. The number of rotatable bonds is 3. The van der Waals surface area contributed by atoms with E-state index in [1.807, 2.05) is 4.90 Å². The molecule has 0 atom stereocenters. The molecule has 1 amide bonds. The smallest absolute Gasteiger partial charge is 0.258 e. The fraction of sp³-hybridized carbons (Fsp3) is 0.267. The van der Waals surface area contributed by atoms with Crippen molar-refractivity contribution in [2.45, 2.75) is 0 Å². The summed E-state index contributed by atoms with van der Waals surface area (Å²) in [4.78, 5) is 22.3. The molecule has 1 aromatic heterocycles. The first kappa shape index (κ1) is 15.3. The van der Waals surface area contributed by atoms with Crippen LogP contribution >= 0.6 is 0 Å². The maximum atomic E-state index is 13.5. The Balaban J connectivity index is 1.69. The highest BCUT2D eigenvalue weighted by Gasteiger charge is 2.15. The minimum absolute atomic E-state index is 0.103. The molecule has 1 aliphatic heterocycles. The van der Waals surface area contributed by atoms with Crippen LogP contribution in [0.15, 0.2) is 30.6 Å². The molecule has 8 heteroatoms. The molecule has 1 N–H and O–H groups in total. The summed E-state index contributed by atoms with van der Waals surface area (Å²) in [5.41, 5.74) is 0.0828. The van der Waals surface area contributed by atoms with Crippen LogP contribution in [0.1, 0.15) is 10.4 Å². The van der Waals surface area contributed by atoms with Gasteiger partial charge in [0.15, 0.2) is 0 Å². The fourth-order valence-corrected chi connectivity index (χ4v) is 2.15. The van der Waals surface area contributed by atoms with E-state index < -0.39 is 17.5 Å². The number of amides is 1. The van der Waals surface area contributed by atoms with Crippen LogP contribution in [-0.2, 0) is 4.74 Å². The first-order chi connectivity index (χ1) is 11.1. The van der Waals surface area contributed by atoms with Crippen LogP contribution in [0.4, 0.5) is 20.4 Å². The van der Waals surface area contributed by atoms with Crippen molar-refractivity contribution < 1.29 is 18.3 Å². The van der Waals surface area contributed by atoms with Gasteiger partial charge in [-0.1, -0.05) is 0 Å². The SMILES string of the molecule is O=C(Nc1ccc(F)cc1F)c1cnc(N2CCOCC2)nc1. The lowest BCUT2D eigenvalue weighted by Gasteiger charge is -2.26. The highest BCUT2D eigenvalue weighted by molar-refractivity contribution is 6.03. The quantitative estimate of drug-likeness (QED) is 0.935. The lowest BCUT2D eigenvalue weighted by atomic mass is 10.2. The van der Waals surface area contributed by atoms with Gasteiger partial charge in [0.25, 0.3) is 5.91 Å². The number of carbonyl (C=O) groups excluding carboxylic acids is 1. The average molecular weight is 320 g/mol. The van der Waals surface area contributed by atoms with E-state index in [9.17, 15) is 13.6 Å². The van der Waals surface area contributed by atoms with Crippen molar-refractivity contribution in [3.63, 3.8) is 0 Å². The number of hydrogen-bond donors (Lipinski definition) is 1. The summed E-state index contributed by atoms with van der Waals surface area (Å²) < 4.78 is 31.6. The van der Waals surface area contributed by atoms with E-state index in [-0.39, 0.29) is 11.3 Å². The van der Waals surface area contributed by atoms with Crippen LogP contribution in [-0.4, -0.2) is 42.2 Å². The van der Waals surface area contributed by atoms with Gasteiger partial charge in [-0.25, -0.2) is 18.7 Å². The molecule has 6 nitrogen and oxygen atoms in total. The van der Waals surface area contributed by atoms with E-state index >= 15 is 0 Å². The van der Waals surface area contributed by atoms with Crippen molar-refractivity contribution in [1.29, 1.82) is 0 Å². The minimum Gasteiger partial charge on any atom is -0.378 e. The van der Waals surface area contributed by atoms with E-state index in [2.05, 4.69) is 15.3 Å². The Hall–Kier alpha value is -2.61. The Labute approximate surface area is 131 Å². The van der Waals surface area contributed by atoms with Crippen LogP contribution in [0.2, 0.25) is 0 Å². The van der Waals surface area contributed by atoms with Crippen LogP contribution < -0.4 is 10.2 Å². The molecular formula is C15H14F2N4O2. The van der Waals surface area contributed by atoms with E-state index in [0.717, 1.165) is 12.1 Å². The molecule has 1 saturated heterocycles. The van der Waals surface area contributed by atoms with Crippen LogP contribution in [0.3, 0.4) is 0 Å². The zero-order valence-corrected chi connectivity index (χ0v) is 12.1. The van der Waals surface area contributed by atoms with Crippen molar-refractivity contribution in [3.05, 3.63) is 47.8 Å². The number of morpholine rings is 1. The zero-order valence-electron chi connectivity index (χ0n) is 12.1. The molecule has 3 rings (SSSR count). The highest BCUT2D eigenvalue weighted by Crippen LogP contribution is 2.16. The minimum atomic E-state index is -0.843. The van der Waals surface area contributed by atoms with Gasteiger partial charge in [0.1, 0.15) is 11.6 Å². The number of nitrogens with zero attached hydrogens (tertiary/aromatic N) is 3. The van der Waals surface area contributed by atoms with Gasteiger partial charge in [-0.05, 0) is 12.1 Å². The molecule has 0 aliphatic carbocycles. The van der Waals surface area contributed by atoms with Gasteiger partial charge in [0.05, 0.1) is 24.5 Å². The lowest BCUT2D eigenvalue weighted by molar-refractivity contribution is 0.102. The van der Waals surface area contributed by atoms with Gasteiger partial charge in [-0.2, -0.15) is 0 Å². The third kappa shape index (κ3) is 3.59.